The van der Waals surface area contributed by atoms with Gasteiger partial charge in [-0.25, -0.2) is 0 Å². The van der Waals surface area contributed by atoms with Crippen molar-refractivity contribution in [1.82, 2.24) is 5.32 Å². The van der Waals surface area contributed by atoms with Crippen LogP contribution in [0.1, 0.15) is 18.1 Å². The summed E-state index contributed by atoms with van der Waals surface area (Å²) in [5.41, 5.74) is 2.38. The number of hydrogen-bond acceptors (Lipinski definition) is 4. The third-order valence-electron chi connectivity index (χ3n) is 3.39. The molecule has 1 N–H and O–H groups in total. The van der Waals surface area contributed by atoms with Gasteiger partial charge in [-0.2, -0.15) is 0 Å². The summed E-state index contributed by atoms with van der Waals surface area (Å²) in [7, 11) is 0. The highest BCUT2D eigenvalue weighted by Gasteiger charge is 2.12. The van der Waals surface area contributed by atoms with Crippen LogP contribution in [0.2, 0.25) is 0 Å². The maximum absolute atomic E-state index is 5.52. The van der Waals surface area contributed by atoms with Crippen molar-refractivity contribution in [3.05, 3.63) is 52.0 Å². The van der Waals surface area contributed by atoms with Crippen LogP contribution >= 0.6 is 28.3 Å². The maximum Gasteiger partial charge on any atom is 0.231 e. The van der Waals surface area contributed by atoms with E-state index in [0.29, 0.717) is 13.4 Å². The predicted molar refractivity (Wildman–Crippen MR) is 95.7 cm³/mol. The van der Waals surface area contributed by atoms with Crippen molar-refractivity contribution in [3.63, 3.8) is 0 Å². The highest BCUT2D eigenvalue weighted by atomic mass is 79.9. The van der Waals surface area contributed by atoms with E-state index in [-0.39, 0.29) is 12.4 Å². The molecular formula is C17H19BrClNO3. The maximum atomic E-state index is 5.52. The standard InChI is InChI=1S/C17H18BrNO3.ClH/c1-2-20-15-5-3-12(7-14(15)18)9-19-10-13-4-6-16-17(8-13)22-11-21-16;/h3-8,19H,2,9-11H2,1H3;1H. The van der Waals surface area contributed by atoms with Gasteiger partial charge in [0.15, 0.2) is 11.5 Å². The molecule has 124 valence electrons. The van der Waals surface area contributed by atoms with Gasteiger partial charge in [0.2, 0.25) is 6.79 Å². The number of hydrogen-bond donors (Lipinski definition) is 1. The Balaban J connectivity index is 0.00000192. The highest BCUT2D eigenvalue weighted by Crippen LogP contribution is 2.32. The molecule has 3 rings (SSSR count). The van der Waals surface area contributed by atoms with Crippen LogP contribution in [0.15, 0.2) is 40.9 Å². The molecule has 0 radical (unpaired) electrons. The molecule has 0 aromatic heterocycles. The Labute approximate surface area is 150 Å². The lowest BCUT2D eigenvalue weighted by molar-refractivity contribution is 0.174. The van der Waals surface area contributed by atoms with Crippen LogP contribution in [0, 0.1) is 0 Å². The average Bonchev–Trinajstić information content (AvgIpc) is 2.98. The van der Waals surface area contributed by atoms with Gasteiger partial charge < -0.3 is 19.5 Å². The third-order valence-corrected chi connectivity index (χ3v) is 4.01. The zero-order valence-electron chi connectivity index (χ0n) is 12.8. The first-order valence-corrected chi connectivity index (χ1v) is 8.06. The first-order chi connectivity index (χ1) is 10.8. The van der Waals surface area contributed by atoms with Gasteiger partial charge in [-0.1, -0.05) is 12.1 Å². The fourth-order valence-electron chi connectivity index (χ4n) is 2.33. The van der Waals surface area contributed by atoms with Crippen molar-refractivity contribution in [3.8, 4) is 17.2 Å². The number of rotatable bonds is 6. The second kappa shape index (κ2) is 8.43. The number of fused-ring (bicyclic) bond motifs is 1. The summed E-state index contributed by atoms with van der Waals surface area (Å²) >= 11 is 3.54. The van der Waals surface area contributed by atoms with Gasteiger partial charge in [-0.05, 0) is 58.2 Å². The Morgan fingerprint density at radius 3 is 2.48 bits per heavy atom. The smallest absolute Gasteiger partial charge is 0.231 e. The molecule has 6 heteroatoms. The van der Waals surface area contributed by atoms with E-state index in [1.54, 1.807) is 0 Å². The molecule has 0 amide bonds. The van der Waals surface area contributed by atoms with E-state index in [1.165, 1.54) is 11.1 Å². The van der Waals surface area contributed by atoms with Crippen LogP contribution in [-0.4, -0.2) is 13.4 Å². The monoisotopic (exact) mass is 399 g/mol. The molecule has 0 bridgehead atoms. The van der Waals surface area contributed by atoms with Crippen molar-refractivity contribution in [2.24, 2.45) is 0 Å². The summed E-state index contributed by atoms with van der Waals surface area (Å²) in [4.78, 5) is 0. The van der Waals surface area contributed by atoms with Crippen molar-refractivity contribution >= 4 is 28.3 Å². The van der Waals surface area contributed by atoms with E-state index < -0.39 is 0 Å². The van der Waals surface area contributed by atoms with Crippen LogP contribution in [0.5, 0.6) is 17.2 Å². The summed E-state index contributed by atoms with van der Waals surface area (Å²) in [6.07, 6.45) is 0. The summed E-state index contributed by atoms with van der Waals surface area (Å²) < 4.78 is 17.2. The first kappa shape index (κ1) is 17.9. The lowest BCUT2D eigenvalue weighted by Crippen LogP contribution is -2.12. The van der Waals surface area contributed by atoms with Crippen molar-refractivity contribution in [2.75, 3.05) is 13.4 Å². The fraction of sp³-hybridized carbons (Fsp3) is 0.294. The van der Waals surface area contributed by atoms with Crippen LogP contribution in [0.4, 0.5) is 0 Å². The van der Waals surface area contributed by atoms with E-state index in [4.69, 9.17) is 14.2 Å². The normalized spacial score (nSPS) is 11.9. The molecule has 1 aliphatic heterocycles. The summed E-state index contributed by atoms with van der Waals surface area (Å²) in [6, 6.07) is 12.2. The third kappa shape index (κ3) is 4.53. The Morgan fingerprint density at radius 1 is 1.04 bits per heavy atom. The Hall–Kier alpha value is -1.43. The van der Waals surface area contributed by atoms with Gasteiger partial charge in [-0.3, -0.25) is 0 Å². The molecule has 23 heavy (non-hydrogen) atoms. The van der Waals surface area contributed by atoms with Gasteiger partial charge in [0, 0.05) is 13.1 Å². The van der Waals surface area contributed by atoms with Gasteiger partial charge in [-0.15, -0.1) is 12.4 Å². The van der Waals surface area contributed by atoms with E-state index >= 15 is 0 Å². The molecule has 2 aromatic rings. The SMILES string of the molecule is CCOc1ccc(CNCc2ccc3c(c2)OCO3)cc1Br.Cl. The molecule has 1 aliphatic rings. The Morgan fingerprint density at radius 2 is 1.74 bits per heavy atom. The van der Waals surface area contributed by atoms with Gasteiger partial charge >= 0.3 is 0 Å². The molecule has 2 aromatic carbocycles. The van der Waals surface area contributed by atoms with Crippen LogP contribution < -0.4 is 19.5 Å². The number of halogens is 2. The predicted octanol–water partition coefficient (Wildman–Crippen LogP) is 4.29. The van der Waals surface area contributed by atoms with E-state index in [1.807, 2.05) is 25.1 Å². The van der Waals surface area contributed by atoms with E-state index in [2.05, 4.69) is 39.4 Å². The van der Waals surface area contributed by atoms with E-state index in [9.17, 15) is 0 Å². The second-order valence-corrected chi connectivity index (χ2v) is 5.84. The fourth-order valence-corrected chi connectivity index (χ4v) is 2.87. The second-order valence-electron chi connectivity index (χ2n) is 4.99. The molecule has 0 spiro atoms. The molecule has 0 atom stereocenters. The molecule has 4 nitrogen and oxygen atoms in total. The molecule has 0 saturated heterocycles. The minimum atomic E-state index is 0. The van der Waals surface area contributed by atoms with Crippen LogP contribution in [0.25, 0.3) is 0 Å². The van der Waals surface area contributed by atoms with Crippen molar-refractivity contribution in [2.45, 2.75) is 20.0 Å². The average molecular weight is 401 g/mol. The molecule has 0 saturated carbocycles. The topological polar surface area (TPSA) is 39.7 Å². The van der Waals surface area contributed by atoms with Crippen molar-refractivity contribution in [1.29, 1.82) is 0 Å². The zero-order valence-corrected chi connectivity index (χ0v) is 15.2. The highest BCUT2D eigenvalue weighted by molar-refractivity contribution is 9.10. The van der Waals surface area contributed by atoms with Gasteiger partial charge in [0.1, 0.15) is 5.75 Å². The Bertz CT molecular complexity index is 666. The molecule has 0 fully saturated rings. The molecule has 1 heterocycles. The van der Waals surface area contributed by atoms with Gasteiger partial charge in [0.05, 0.1) is 11.1 Å². The summed E-state index contributed by atoms with van der Waals surface area (Å²) in [5.74, 6) is 2.52. The van der Waals surface area contributed by atoms with E-state index in [0.717, 1.165) is 34.8 Å². The Kier molecular flexibility index (Phi) is 6.57. The molecule has 0 aliphatic carbocycles. The van der Waals surface area contributed by atoms with Crippen LogP contribution in [0.3, 0.4) is 0 Å². The first-order valence-electron chi connectivity index (χ1n) is 7.26. The molecule has 0 unspecified atom stereocenters. The molecular weight excluding hydrogens is 382 g/mol. The number of ether oxygens (including phenoxy) is 3. The van der Waals surface area contributed by atoms with Crippen LogP contribution in [-0.2, 0) is 13.1 Å². The van der Waals surface area contributed by atoms with Crippen molar-refractivity contribution < 1.29 is 14.2 Å². The van der Waals surface area contributed by atoms with Gasteiger partial charge in [0.25, 0.3) is 0 Å². The quantitative estimate of drug-likeness (QED) is 0.785. The lowest BCUT2D eigenvalue weighted by Gasteiger charge is -2.09. The summed E-state index contributed by atoms with van der Waals surface area (Å²) in [6.45, 7) is 4.53. The zero-order chi connectivity index (χ0) is 15.4. The minimum absolute atomic E-state index is 0. The lowest BCUT2D eigenvalue weighted by atomic mass is 10.2. The number of nitrogens with one attached hydrogen (secondary N) is 1. The summed E-state index contributed by atoms with van der Waals surface area (Å²) in [5, 5.41) is 3.43. The largest absolute Gasteiger partial charge is 0.493 e. The minimum Gasteiger partial charge on any atom is -0.493 e. The number of benzene rings is 2.